The molecule has 5 nitrogen and oxygen atoms in total. The molecule has 1 rings (SSSR count). The molecule has 0 radical (unpaired) electrons. The van der Waals surface area contributed by atoms with Crippen LogP contribution in [0.4, 0.5) is 0 Å². The summed E-state index contributed by atoms with van der Waals surface area (Å²) in [4.78, 5) is 0. The van der Waals surface area contributed by atoms with Crippen molar-refractivity contribution in [3.63, 3.8) is 0 Å². The first-order valence-electron chi connectivity index (χ1n) is 5.03. The Morgan fingerprint density at radius 1 is 1.33 bits per heavy atom. The molecule has 0 saturated carbocycles. The average Bonchev–Trinajstić information content (AvgIpc) is 2.18. The van der Waals surface area contributed by atoms with E-state index in [1.807, 2.05) is 0 Å². The Labute approximate surface area is 93.7 Å². The zero-order valence-corrected chi connectivity index (χ0v) is 10.6. The molecular weight excluding hydrogens is 236 g/mol. The van der Waals surface area contributed by atoms with Gasteiger partial charge in [0.1, 0.15) is 0 Å². The first kappa shape index (κ1) is 13.1. The molecule has 1 aliphatic rings. The zero-order chi connectivity index (χ0) is 11.3. The lowest BCUT2D eigenvalue weighted by Gasteiger charge is -2.25. The molecule has 1 aliphatic heterocycles. The minimum atomic E-state index is -3.12. The summed E-state index contributed by atoms with van der Waals surface area (Å²) < 4.78 is 36.1. The number of nitrogens with one attached hydrogen (secondary N) is 1. The maximum absolute atomic E-state index is 11.8. The molecule has 0 spiro atoms. The number of sulfonamides is 1. The number of rotatable bonds is 5. The molecule has 0 aromatic carbocycles. The third-order valence-corrected chi connectivity index (χ3v) is 5.59. The second-order valence-corrected chi connectivity index (χ2v) is 7.30. The van der Waals surface area contributed by atoms with Gasteiger partial charge in [0.25, 0.3) is 0 Å². The van der Waals surface area contributed by atoms with Crippen LogP contribution in [0.15, 0.2) is 0 Å². The minimum Gasteiger partial charge on any atom is -0.320 e. The van der Waals surface area contributed by atoms with Crippen molar-refractivity contribution in [2.24, 2.45) is 0 Å². The van der Waals surface area contributed by atoms with E-state index in [4.69, 9.17) is 0 Å². The molecular formula is C8H18N2O3S2. The van der Waals surface area contributed by atoms with Gasteiger partial charge in [-0.15, -0.1) is 0 Å². The maximum atomic E-state index is 11.8. The predicted molar refractivity (Wildman–Crippen MR) is 61.8 cm³/mol. The van der Waals surface area contributed by atoms with Crippen LogP contribution in [0.2, 0.25) is 0 Å². The van der Waals surface area contributed by atoms with Gasteiger partial charge in [0.15, 0.2) is 0 Å². The summed E-state index contributed by atoms with van der Waals surface area (Å²) in [5, 5.41) is 2.92. The van der Waals surface area contributed by atoms with Gasteiger partial charge in [-0.2, -0.15) is 0 Å². The summed E-state index contributed by atoms with van der Waals surface area (Å²) in [5.41, 5.74) is 0. The Morgan fingerprint density at radius 2 is 1.93 bits per heavy atom. The first-order valence-corrected chi connectivity index (χ1v) is 8.13. The molecule has 0 unspecified atom stereocenters. The van der Waals surface area contributed by atoms with Crippen molar-refractivity contribution in [2.75, 3.05) is 43.9 Å². The van der Waals surface area contributed by atoms with Gasteiger partial charge in [-0.25, -0.2) is 12.7 Å². The average molecular weight is 254 g/mol. The van der Waals surface area contributed by atoms with Gasteiger partial charge in [-0.05, 0) is 20.0 Å². The van der Waals surface area contributed by atoms with Crippen LogP contribution in [-0.4, -0.2) is 60.9 Å². The summed E-state index contributed by atoms with van der Waals surface area (Å²) in [6.07, 6.45) is 0.623. The van der Waals surface area contributed by atoms with Gasteiger partial charge in [0.2, 0.25) is 10.0 Å². The van der Waals surface area contributed by atoms with E-state index in [9.17, 15) is 12.6 Å². The van der Waals surface area contributed by atoms with E-state index in [-0.39, 0.29) is 5.75 Å². The number of hydrogen-bond donors (Lipinski definition) is 1. The van der Waals surface area contributed by atoms with Crippen molar-refractivity contribution < 1.29 is 12.6 Å². The van der Waals surface area contributed by atoms with Crippen molar-refractivity contribution in [3.05, 3.63) is 0 Å². The molecule has 1 heterocycles. The van der Waals surface area contributed by atoms with Gasteiger partial charge in [-0.1, -0.05) is 0 Å². The highest BCUT2D eigenvalue weighted by molar-refractivity contribution is 7.89. The van der Waals surface area contributed by atoms with Gasteiger partial charge in [0.05, 0.1) is 5.75 Å². The molecule has 0 bridgehead atoms. The highest BCUT2D eigenvalue weighted by atomic mass is 32.2. The lowest BCUT2D eigenvalue weighted by atomic mass is 10.5. The highest BCUT2D eigenvalue weighted by Gasteiger charge is 2.25. The molecule has 0 aliphatic carbocycles. The van der Waals surface area contributed by atoms with Crippen molar-refractivity contribution in [1.82, 2.24) is 9.62 Å². The molecule has 0 atom stereocenters. The fraction of sp³-hybridized carbons (Fsp3) is 1.00. The fourth-order valence-corrected chi connectivity index (χ4v) is 4.25. The Hall–Kier alpha value is 0.0200. The second kappa shape index (κ2) is 5.93. The fourth-order valence-electron chi connectivity index (χ4n) is 1.46. The topological polar surface area (TPSA) is 66.5 Å². The van der Waals surface area contributed by atoms with Crippen LogP contribution in [0.3, 0.4) is 0 Å². The molecule has 1 fully saturated rings. The van der Waals surface area contributed by atoms with E-state index in [1.165, 1.54) is 4.31 Å². The molecule has 0 amide bonds. The van der Waals surface area contributed by atoms with Gasteiger partial charge >= 0.3 is 0 Å². The van der Waals surface area contributed by atoms with E-state index in [0.717, 1.165) is 0 Å². The molecule has 15 heavy (non-hydrogen) atoms. The first-order chi connectivity index (χ1) is 7.06. The highest BCUT2D eigenvalue weighted by Crippen LogP contribution is 2.08. The van der Waals surface area contributed by atoms with Crippen LogP contribution in [0, 0.1) is 0 Å². The van der Waals surface area contributed by atoms with Crippen molar-refractivity contribution in [2.45, 2.75) is 6.42 Å². The quantitative estimate of drug-likeness (QED) is 0.639. The van der Waals surface area contributed by atoms with E-state index >= 15 is 0 Å². The standard InChI is InChI=1S/C8H18N2O3S2/c1-9-3-2-8-15(12,13)10-4-6-14(11)7-5-10/h9H,2-8H2,1H3. The third-order valence-electron chi connectivity index (χ3n) is 2.36. The number of hydrogen-bond acceptors (Lipinski definition) is 4. The smallest absolute Gasteiger partial charge is 0.214 e. The Kier molecular flexibility index (Phi) is 5.17. The van der Waals surface area contributed by atoms with Crippen molar-refractivity contribution in [1.29, 1.82) is 0 Å². The van der Waals surface area contributed by atoms with Crippen molar-refractivity contribution >= 4 is 20.8 Å². The summed E-state index contributed by atoms with van der Waals surface area (Å²) in [6.45, 7) is 1.53. The summed E-state index contributed by atoms with van der Waals surface area (Å²) >= 11 is 0. The maximum Gasteiger partial charge on any atom is 0.214 e. The Bertz CT molecular complexity index is 306. The van der Waals surface area contributed by atoms with Crippen LogP contribution in [0.1, 0.15) is 6.42 Å². The molecule has 0 aromatic rings. The molecule has 1 saturated heterocycles. The Balaban J connectivity index is 2.43. The van der Waals surface area contributed by atoms with Gasteiger partial charge in [-0.3, -0.25) is 4.21 Å². The largest absolute Gasteiger partial charge is 0.320 e. The number of nitrogens with zero attached hydrogens (tertiary/aromatic N) is 1. The lowest BCUT2D eigenvalue weighted by Crippen LogP contribution is -2.43. The zero-order valence-electron chi connectivity index (χ0n) is 8.94. The minimum absolute atomic E-state index is 0.181. The SMILES string of the molecule is CNCCCS(=O)(=O)N1CCS(=O)CC1. The van der Waals surface area contributed by atoms with Gasteiger partial charge in [0, 0.05) is 35.4 Å². The second-order valence-electron chi connectivity index (χ2n) is 3.52. The van der Waals surface area contributed by atoms with Crippen LogP contribution in [-0.2, 0) is 20.8 Å². The molecule has 1 N–H and O–H groups in total. The third kappa shape index (κ3) is 4.18. The monoisotopic (exact) mass is 254 g/mol. The van der Waals surface area contributed by atoms with Crippen LogP contribution in [0.5, 0.6) is 0 Å². The molecule has 90 valence electrons. The van der Waals surface area contributed by atoms with Crippen LogP contribution < -0.4 is 5.32 Å². The normalized spacial score (nSPS) is 20.6. The van der Waals surface area contributed by atoms with Gasteiger partial charge < -0.3 is 5.32 Å². The van der Waals surface area contributed by atoms with E-state index in [0.29, 0.717) is 37.6 Å². The summed E-state index contributed by atoms with van der Waals surface area (Å²) in [6, 6.07) is 0. The van der Waals surface area contributed by atoms with Crippen LogP contribution in [0.25, 0.3) is 0 Å². The molecule has 7 heteroatoms. The summed E-state index contributed by atoms with van der Waals surface area (Å²) in [5.74, 6) is 1.14. The van der Waals surface area contributed by atoms with Crippen LogP contribution >= 0.6 is 0 Å². The van der Waals surface area contributed by atoms with E-state index < -0.39 is 20.8 Å². The Morgan fingerprint density at radius 3 is 2.47 bits per heavy atom. The van der Waals surface area contributed by atoms with Crippen molar-refractivity contribution in [3.8, 4) is 0 Å². The lowest BCUT2D eigenvalue weighted by molar-refractivity contribution is 0.437. The predicted octanol–water partition coefficient (Wildman–Crippen LogP) is -1.01. The molecule has 0 aromatic heterocycles. The van der Waals surface area contributed by atoms with E-state index in [2.05, 4.69) is 5.32 Å². The van der Waals surface area contributed by atoms with E-state index in [1.54, 1.807) is 7.05 Å². The summed E-state index contributed by atoms with van der Waals surface area (Å²) in [7, 11) is -2.14.